The van der Waals surface area contributed by atoms with E-state index < -0.39 is 5.60 Å². The van der Waals surface area contributed by atoms with Gasteiger partial charge in [0.25, 0.3) is 0 Å². The van der Waals surface area contributed by atoms with E-state index in [9.17, 15) is 0 Å². The number of hydrogen-bond donors (Lipinski definition) is 0. The standard InChI is InChI=1S/C19H21NS.C18H22BrNO.2ClH/c1-20(2)13-7-11-17-16-9-4-3-8-15(16)14-21-19-12-6-5-10-18(17)19;1-18(21-14-13-20(2)3,15-7-5-4-6-8-15)16-9-11-17(19)12-10-16;;/h3-6,8-12H,7,13-14H2,1-2H3;4-12H,13-14H2,1-3H3;2*1H/b17-11+;;;. The number of benzene rings is 4. The molecule has 4 aromatic rings. The Hall–Kier alpha value is -2.09. The lowest BCUT2D eigenvalue weighted by molar-refractivity contribution is -0.0101. The Morgan fingerprint density at radius 2 is 1.30 bits per heavy atom. The highest BCUT2D eigenvalue weighted by Crippen LogP contribution is 2.40. The van der Waals surface area contributed by atoms with Gasteiger partial charge < -0.3 is 14.5 Å². The Bertz CT molecular complexity index is 1400. The van der Waals surface area contributed by atoms with Gasteiger partial charge in [-0.05, 0) is 93.1 Å². The van der Waals surface area contributed by atoms with Crippen LogP contribution in [-0.4, -0.2) is 57.7 Å². The first-order chi connectivity index (χ1) is 20.3. The predicted octanol–water partition coefficient (Wildman–Crippen LogP) is 9.81. The zero-order valence-electron chi connectivity index (χ0n) is 26.3. The summed E-state index contributed by atoms with van der Waals surface area (Å²) in [5.41, 5.74) is 7.52. The fourth-order valence-electron chi connectivity index (χ4n) is 5.00. The molecule has 7 heteroatoms. The van der Waals surface area contributed by atoms with Crippen LogP contribution in [0.2, 0.25) is 0 Å². The molecule has 0 aromatic heterocycles. The van der Waals surface area contributed by atoms with Crippen LogP contribution in [0, 0.1) is 0 Å². The Kier molecular flexibility index (Phi) is 16.3. The molecule has 0 N–H and O–H groups in total. The van der Waals surface area contributed by atoms with Crippen LogP contribution in [-0.2, 0) is 16.1 Å². The molecule has 1 aliphatic heterocycles. The number of rotatable bonds is 9. The molecule has 0 saturated carbocycles. The molecule has 1 heterocycles. The van der Waals surface area contributed by atoms with E-state index in [1.54, 1.807) is 0 Å². The average Bonchev–Trinajstić information content (AvgIpc) is 3.15. The minimum Gasteiger partial charge on any atom is -0.365 e. The molecule has 0 amide bonds. The molecule has 3 nitrogen and oxygen atoms in total. The third-order valence-corrected chi connectivity index (χ3v) is 9.09. The molecule has 5 rings (SSSR count). The maximum Gasteiger partial charge on any atom is 0.115 e. The van der Waals surface area contributed by atoms with E-state index in [0.29, 0.717) is 6.61 Å². The summed E-state index contributed by atoms with van der Waals surface area (Å²) in [5.74, 6) is 1.05. The van der Waals surface area contributed by atoms with E-state index >= 15 is 0 Å². The Morgan fingerprint density at radius 1 is 0.727 bits per heavy atom. The first-order valence-corrected chi connectivity index (χ1v) is 16.3. The third-order valence-electron chi connectivity index (χ3n) is 7.44. The van der Waals surface area contributed by atoms with E-state index in [2.05, 4.69) is 164 Å². The van der Waals surface area contributed by atoms with Crippen LogP contribution in [0.3, 0.4) is 0 Å². The zero-order valence-corrected chi connectivity index (χ0v) is 30.4. The van der Waals surface area contributed by atoms with E-state index in [1.807, 2.05) is 17.8 Å². The van der Waals surface area contributed by atoms with Crippen LogP contribution in [0.25, 0.3) is 5.57 Å². The minimum absolute atomic E-state index is 0. The quantitative estimate of drug-likeness (QED) is 0.171. The van der Waals surface area contributed by atoms with Crippen molar-refractivity contribution in [3.05, 3.63) is 141 Å². The van der Waals surface area contributed by atoms with Gasteiger partial charge in [-0.25, -0.2) is 0 Å². The molecule has 0 fully saturated rings. The molecule has 0 spiro atoms. The summed E-state index contributed by atoms with van der Waals surface area (Å²) in [6.07, 6.45) is 3.49. The molecular formula is C37H45BrCl2N2OS. The molecule has 1 atom stereocenters. The summed E-state index contributed by atoms with van der Waals surface area (Å²) in [5, 5.41) is 0. The van der Waals surface area contributed by atoms with Crippen molar-refractivity contribution in [2.75, 3.05) is 47.9 Å². The van der Waals surface area contributed by atoms with Gasteiger partial charge in [0.2, 0.25) is 0 Å². The topological polar surface area (TPSA) is 15.7 Å². The normalized spacial score (nSPS) is 14.2. The SMILES string of the molecule is CN(C)CC/C=C1\c2ccccc2CSc2ccccc21.CN(C)CCOC(C)(c1ccccc1)c1ccc(Br)cc1.Cl.Cl. The second kappa shape index (κ2) is 18.8. The van der Waals surface area contributed by atoms with E-state index in [-0.39, 0.29) is 24.8 Å². The Labute approximate surface area is 290 Å². The second-order valence-electron chi connectivity index (χ2n) is 11.2. The fourth-order valence-corrected chi connectivity index (χ4v) is 6.34. The lowest BCUT2D eigenvalue weighted by atomic mass is 9.88. The van der Waals surface area contributed by atoms with Gasteiger partial charge in [-0.2, -0.15) is 0 Å². The highest BCUT2D eigenvalue weighted by Gasteiger charge is 2.29. The molecule has 0 bridgehead atoms. The van der Waals surface area contributed by atoms with Gasteiger partial charge in [0.1, 0.15) is 5.60 Å². The molecular weight excluding hydrogens is 671 g/mol. The fraction of sp³-hybridized carbons (Fsp3) is 0.297. The highest BCUT2D eigenvalue weighted by molar-refractivity contribution is 9.10. The van der Waals surface area contributed by atoms with Gasteiger partial charge in [-0.1, -0.05) is 107 Å². The molecule has 1 aliphatic rings. The number of hydrogen-bond acceptors (Lipinski definition) is 4. The van der Waals surface area contributed by atoms with Gasteiger partial charge in [0.05, 0.1) is 6.61 Å². The molecule has 4 aromatic carbocycles. The van der Waals surface area contributed by atoms with Crippen molar-refractivity contribution in [1.82, 2.24) is 9.80 Å². The summed E-state index contributed by atoms with van der Waals surface area (Å²) < 4.78 is 7.37. The summed E-state index contributed by atoms with van der Waals surface area (Å²) in [4.78, 5) is 5.76. The first-order valence-electron chi connectivity index (χ1n) is 14.5. The van der Waals surface area contributed by atoms with Crippen molar-refractivity contribution >= 4 is 58.1 Å². The summed E-state index contributed by atoms with van der Waals surface area (Å²) >= 11 is 5.44. The van der Waals surface area contributed by atoms with Crippen LogP contribution in [0.15, 0.2) is 119 Å². The molecule has 44 heavy (non-hydrogen) atoms. The van der Waals surface area contributed by atoms with Crippen molar-refractivity contribution in [2.24, 2.45) is 0 Å². The van der Waals surface area contributed by atoms with Gasteiger partial charge in [-0.15, -0.1) is 36.6 Å². The Balaban J connectivity index is 0.000000293. The minimum atomic E-state index is -0.433. The second-order valence-corrected chi connectivity index (χ2v) is 13.1. The van der Waals surface area contributed by atoms with Crippen molar-refractivity contribution in [2.45, 2.75) is 29.6 Å². The molecule has 236 valence electrons. The largest absolute Gasteiger partial charge is 0.365 e. The third kappa shape index (κ3) is 10.5. The van der Waals surface area contributed by atoms with Crippen LogP contribution in [0.5, 0.6) is 0 Å². The predicted molar refractivity (Wildman–Crippen MR) is 199 cm³/mol. The smallest absolute Gasteiger partial charge is 0.115 e. The lowest BCUT2D eigenvalue weighted by Crippen LogP contribution is -2.31. The zero-order chi connectivity index (χ0) is 30.0. The monoisotopic (exact) mass is 714 g/mol. The number of ether oxygens (including phenoxy) is 1. The number of thioether (sulfide) groups is 1. The van der Waals surface area contributed by atoms with Crippen LogP contribution in [0.4, 0.5) is 0 Å². The maximum absolute atomic E-state index is 6.30. The van der Waals surface area contributed by atoms with E-state index in [1.165, 1.54) is 32.7 Å². The molecule has 0 saturated heterocycles. The summed E-state index contributed by atoms with van der Waals surface area (Å²) in [6, 6.07) is 36.4. The highest BCUT2D eigenvalue weighted by atomic mass is 79.9. The van der Waals surface area contributed by atoms with Crippen molar-refractivity contribution in [3.8, 4) is 0 Å². The average molecular weight is 717 g/mol. The van der Waals surface area contributed by atoms with Crippen LogP contribution < -0.4 is 0 Å². The van der Waals surface area contributed by atoms with Crippen molar-refractivity contribution in [1.29, 1.82) is 0 Å². The number of fused-ring (bicyclic) bond motifs is 2. The maximum atomic E-state index is 6.30. The number of halogens is 3. The van der Waals surface area contributed by atoms with Crippen LogP contribution >= 0.6 is 52.5 Å². The van der Waals surface area contributed by atoms with Gasteiger partial charge in [0.15, 0.2) is 0 Å². The number of likely N-dealkylation sites (N-methyl/N-ethyl adjacent to an activating group) is 1. The van der Waals surface area contributed by atoms with E-state index in [4.69, 9.17) is 4.74 Å². The number of nitrogens with zero attached hydrogens (tertiary/aromatic N) is 2. The lowest BCUT2D eigenvalue weighted by Gasteiger charge is -2.32. The molecule has 0 aliphatic carbocycles. The summed E-state index contributed by atoms with van der Waals surface area (Å²) in [7, 11) is 8.37. The van der Waals surface area contributed by atoms with Gasteiger partial charge >= 0.3 is 0 Å². The molecule has 1 unspecified atom stereocenters. The first kappa shape index (κ1) is 38.1. The van der Waals surface area contributed by atoms with E-state index in [0.717, 1.165) is 35.3 Å². The molecule has 0 radical (unpaired) electrons. The van der Waals surface area contributed by atoms with Crippen molar-refractivity contribution < 1.29 is 4.74 Å². The summed E-state index contributed by atoms with van der Waals surface area (Å²) in [6.45, 7) is 4.82. The van der Waals surface area contributed by atoms with Gasteiger partial charge in [0, 0.05) is 28.2 Å². The van der Waals surface area contributed by atoms with Crippen LogP contribution in [0.1, 0.15) is 41.2 Å². The van der Waals surface area contributed by atoms with Gasteiger partial charge in [-0.3, -0.25) is 0 Å². The van der Waals surface area contributed by atoms with Crippen molar-refractivity contribution in [3.63, 3.8) is 0 Å². The Morgan fingerprint density at radius 3 is 1.95 bits per heavy atom.